The predicted molar refractivity (Wildman–Crippen MR) is 83.0 cm³/mol. The fourth-order valence-electron chi connectivity index (χ4n) is 1.53. The minimum absolute atomic E-state index is 0.0186. The first kappa shape index (κ1) is 17.4. The molecule has 8 heteroatoms. The summed E-state index contributed by atoms with van der Waals surface area (Å²) in [7, 11) is 5.50. The molecule has 0 aromatic carbocycles. The zero-order valence-electron chi connectivity index (χ0n) is 13.5. The van der Waals surface area contributed by atoms with E-state index in [0.717, 1.165) is 26.2 Å². The van der Waals surface area contributed by atoms with E-state index in [1.54, 1.807) is 14.2 Å². The van der Waals surface area contributed by atoms with Gasteiger partial charge in [-0.15, -0.1) is 0 Å². The molecule has 0 spiro atoms. The van der Waals surface area contributed by atoms with Gasteiger partial charge in [0, 0.05) is 33.8 Å². The van der Waals surface area contributed by atoms with Gasteiger partial charge in [0.1, 0.15) is 0 Å². The van der Waals surface area contributed by atoms with Crippen LogP contribution in [0.15, 0.2) is 0 Å². The van der Waals surface area contributed by atoms with Gasteiger partial charge in [-0.2, -0.15) is 15.0 Å². The van der Waals surface area contributed by atoms with Gasteiger partial charge in [0.2, 0.25) is 11.9 Å². The van der Waals surface area contributed by atoms with Gasteiger partial charge in [-0.05, 0) is 20.9 Å². The zero-order chi connectivity index (χ0) is 15.7. The van der Waals surface area contributed by atoms with Crippen molar-refractivity contribution in [2.24, 2.45) is 0 Å². The summed E-state index contributed by atoms with van der Waals surface area (Å²) in [5.74, 6) is 0.987. The Kier molecular flexibility index (Phi) is 7.70. The normalized spacial score (nSPS) is 11.0. The van der Waals surface area contributed by atoms with Crippen molar-refractivity contribution in [2.75, 3.05) is 58.1 Å². The van der Waals surface area contributed by atoms with Crippen molar-refractivity contribution in [1.82, 2.24) is 19.9 Å². The Balaban J connectivity index is 2.53. The van der Waals surface area contributed by atoms with Gasteiger partial charge in [-0.25, -0.2) is 0 Å². The lowest BCUT2D eigenvalue weighted by Crippen LogP contribution is -2.28. The fourth-order valence-corrected chi connectivity index (χ4v) is 1.53. The number of anilines is 2. The highest BCUT2D eigenvalue weighted by Gasteiger charge is 2.08. The van der Waals surface area contributed by atoms with Gasteiger partial charge in [0.05, 0.1) is 12.7 Å². The molecule has 120 valence electrons. The first-order valence-corrected chi connectivity index (χ1v) is 7.07. The highest BCUT2D eigenvalue weighted by atomic mass is 16.5. The van der Waals surface area contributed by atoms with Crippen LogP contribution in [0.1, 0.15) is 13.8 Å². The molecule has 0 radical (unpaired) electrons. The number of ether oxygens (including phenoxy) is 2. The predicted octanol–water partition coefficient (Wildman–Crippen LogP) is 0.691. The third-order valence-corrected chi connectivity index (χ3v) is 2.63. The molecule has 2 N–H and O–H groups in total. The SMILES string of the molecule is CNc1nc(NCCN(C)CCOC)nc(OC(C)C)n1. The molecule has 0 amide bonds. The first-order chi connectivity index (χ1) is 10.0. The molecule has 21 heavy (non-hydrogen) atoms. The summed E-state index contributed by atoms with van der Waals surface area (Å²) in [5, 5.41) is 6.07. The van der Waals surface area contributed by atoms with Gasteiger partial charge in [-0.3, -0.25) is 0 Å². The van der Waals surface area contributed by atoms with Gasteiger partial charge < -0.3 is 25.0 Å². The maximum Gasteiger partial charge on any atom is 0.323 e. The van der Waals surface area contributed by atoms with E-state index in [0.29, 0.717) is 17.9 Å². The van der Waals surface area contributed by atoms with Crippen LogP contribution in [0.25, 0.3) is 0 Å². The van der Waals surface area contributed by atoms with Gasteiger partial charge in [0.15, 0.2) is 0 Å². The van der Waals surface area contributed by atoms with Crippen LogP contribution >= 0.6 is 0 Å². The molecule has 0 aliphatic heterocycles. The number of hydrogen-bond acceptors (Lipinski definition) is 8. The molecular formula is C13H26N6O2. The third-order valence-electron chi connectivity index (χ3n) is 2.63. The minimum atomic E-state index is 0.0186. The molecule has 0 saturated heterocycles. The summed E-state index contributed by atoms with van der Waals surface area (Å²) < 4.78 is 10.5. The van der Waals surface area contributed by atoms with E-state index >= 15 is 0 Å². The molecule has 8 nitrogen and oxygen atoms in total. The van der Waals surface area contributed by atoms with Crippen molar-refractivity contribution in [2.45, 2.75) is 20.0 Å². The second kappa shape index (κ2) is 9.30. The molecule has 0 saturated carbocycles. The Bertz CT molecular complexity index is 416. The second-order valence-electron chi connectivity index (χ2n) is 4.90. The summed E-state index contributed by atoms with van der Waals surface area (Å²) in [6.45, 7) is 7.07. The number of aromatic nitrogens is 3. The monoisotopic (exact) mass is 298 g/mol. The van der Waals surface area contributed by atoms with E-state index < -0.39 is 0 Å². The number of hydrogen-bond donors (Lipinski definition) is 2. The first-order valence-electron chi connectivity index (χ1n) is 7.07. The van der Waals surface area contributed by atoms with Gasteiger partial charge in [-0.1, -0.05) is 0 Å². The summed E-state index contributed by atoms with van der Waals surface area (Å²) in [6, 6.07) is 0.319. The standard InChI is InChI=1S/C13H26N6O2/c1-10(2)21-13-17-11(14-3)16-12(18-13)15-6-7-19(4)8-9-20-5/h10H,6-9H2,1-5H3,(H2,14,15,16,17,18). The van der Waals surface area contributed by atoms with Crippen molar-refractivity contribution in [3.8, 4) is 6.01 Å². The second-order valence-corrected chi connectivity index (χ2v) is 4.90. The van der Waals surface area contributed by atoms with Crippen LogP contribution in [-0.2, 0) is 4.74 Å². The van der Waals surface area contributed by atoms with Crippen molar-refractivity contribution < 1.29 is 9.47 Å². The van der Waals surface area contributed by atoms with Gasteiger partial charge in [0.25, 0.3) is 0 Å². The molecule has 0 aliphatic rings. The fraction of sp³-hybridized carbons (Fsp3) is 0.769. The molecule has 0 atom stereocenters. The molecule has 1 aromatic heterocycles. The van der Waals surface area contributed by atoms with Crippen LogP contribution in [0.2, 0.25) is 0 Å². The number of methoxy groups -OCH3 is 1. The van der Waals surface area contributed by atoms with Crippen molar-refractivity contribution in [3.05, 3.63) is 0 Å². The van der Waals surface area contributed by atoms with E-state index in [1.807, 2.05) is 20.9 Å². The van der Waals surface area contributed by atoms with Crippen LogP contribution in [0.3, 0.4) is 0 Å². The van der Waals surface area contributed by atoms with Crippen molar-refractivity contribution in [1.29, 1.82) is 0 Å². The van der Waals surface area contributed by atoms with Crippen LogP contribution in [0.5, 0.6) is 6.01 Å². The summed E-state index contributed by atoms with van der Waals surface area (Å²) >= 11 is 0. The molecular weight excluding hydrogens is 272 g/mol. The Labute approximate surface area is 126 Å². The topological polar surface area (TPSA) is 84.4 Å². The molecule has 0 bridgehead atoms. The van der Waals surface area contributed by atoms with E-state index in [2.05, 4.69) is 30.5 Å². The third kappa shape index (κ3) is 7.05. The molecule has 1 aromatic rings. The number of nitrogens with one attached hydrogen (secondary N) is 2. The zero-order valence-corrected chi connectivity index (χ0v) is 13.5. The molecule has 1 rings (SSSR count). The van der Waals surface area contributed by atoms with Crippen molar-refractivity contribution in [3.63, 3.8) is 0 Å². The van der Waals surface area contributed by atoms with Crippen LogP contribution in [0, 0.1) is 0 Å². The highest BCUT2D eigenvalue weighted by molar-refractivity contribution is 5.35. The number of likely N-dealkylation sites (N-methyl/N-ethyl adjacent to an activating group) is 1. The maximum atomic E-state index is 5.51. The van der Waals surface area contributed by atoms with E-state index in [9.17, 15) is 0 Å². The van der Waals surface area contributed by atoms with E-state index in [4.69, 9.17) is 9.47 Å². The summed E-state index contributed by atoms with van der Waals surface area (Å²) in [6.07, 6.45) is 0.0186. The van der Waals surface area contributed by atoms with Crippen LogP contribution < -0.4 is 15.4 Å². The maximum absolute atomic E-state index is 5.51. The largest absolute Gasteiger partial charge is 0.461 e. The lowest BCUT2D eigenvalue weighted by Gasteiger charge is -2.16. The Hall–Kier alpha value is -1.67. The Morgan fingerprint density at radius 1 is 1.14 bits per heavy atom. The smallest absolute Gasteiger partial charge is 0.323 e. The van der Waals surface area contributed by atoms with E-state index in [1.165, 1.54) is 0 Å². The van der Waals surface area contributed by atoms with Crippen LogP contribution in [0.4, 0.5) is 11.9 Å². The van der Waals surface area contributed by atoms with E-state index in [-0.39, 0.29) is 6.10 Å². The molecule has 0 unspecified atom stereocenters. The molecule has 1 heterocycles. The lowest BCUT2D eigenvalue weighted by atomic mass is 10.5. The summed E-state index contributed by atoms with van der Waals surface area (Å²) in [4.78, 5) is 14.8. The highest BCUT2D eigenvalue weighted by Crippen LogP contribution is 2.11. The average molecular weight is 298 g/mol. The van der Waals surface area contributed by atoms with Gasteiger partial charge >= 0.3 is 6.01 Å². The number of nitrogens with zero attached hydrogens (tertiary/aromatic N) is 4. The summed E-state index contributed by atoms with van der Waals surface area (Å²) in [5.41, 5.74) is 0. The molecule has 0 aliphatic carbocycles. The quantitative estimate of drug-likeness (QED) is 0.653. The molecule has 0 fully saturated rings. The van der Waals surface area contributed by atoms with Crippen molar-refractivity contribution >= 4 is 11.9 Å². The lowest BCUT2D eigenvalue weighted by molar-refractivity contribution is 0.163. The number of rotatable bonds is 10. The Morgan fingerprint density at radius 3 is 2.48 bits per heavy atom. The Morgan fingerprint density at radius 2 is 1.86 bits per heavy atom. The minimum Gasteiger partial charge on any atom is -0.461 e. The average Bonchev–Trinajstić information content (AvgIpc) is 2.44. The van der Waals surface area contributed by atoms with Crippen LogP contribution in [-0.4, -0.2) is 73.4 Å².